The fourth-order valence-electron chi connectivity index (χ4n) is 1.76. The van der Waals surface area contributed by atoms with Gasteiger partial charge in [0.1, 0.15) is 17.6 Å². The second kappa shape index (κ2) is 5.40. The summed E-state index contributed by atoms with van der Waals surface area (Å²) in [6.45, 7) is 4.01. The van der Waals surface area contributed by atoms with Crippen LogP contribution in [0.5, 0.6) is 17.2 Å². The highest BCUT2D eigenvalue weighted by atomic mass is 16.5. The van der Waals surface area contributed by atoms with Crippen LogP contribution in [-0.2, 0) is 0 Å². The monoisotopic (exact) mass is 254 g/mol. The third kappa shape index (κ3) is 2.83. The van der Waals surface area contributed by atoms with Gasteiger partial charge >= 0.3 is 0 Å². The quantitative estimate of drug-likeness (QED) is 0.842. The van der Waals surface area contributed by atoms with Gasteiger partial charge in [-0.25, -0.2) is 4.98 Å². The molecule has 2 aromatic rings. The molecule has 0 atom stereocenters. The molecule has 0 bridgehead atoms. The zero-order valence-corrected chi connectivity index (χ0v) is 11.1. The predicted octanol–water partition coefficient (Wildman–Crippen LogP) is 3.37. The molecule has 0 saturated heterocycles. The van der Waals surface area contributed by atoms with Gasteiger partial charge in [0, 0.05) is 6.07 Å². The van der Waals surface area contributed by atoms with E-state index in [1.807, 2.05) is 38.1 Å². The van der Waals surface area contributed by atoms with E-state index in [9.17, 15) is 0 Å². The van der Waals surface area contributed by atoms with Crippen LogP contribution >= 0.6 is 0 Å². The summed E-state index contributed by atoms with van der Waals surface area (Å²) in [6.07, 6.45) is 1.51. The molecular formula is C15H14N2O2. The molecule has 0 radical (unpaired) electrons. The van der Waals surface area contributed by atoms with Crippen molar-refractivity contribution in [3.63, 3.8) is 0 Å². The van der Waals surface area contributed by atoms with E-state index >= 15 is 0 Å². The summed E-state index contributed by atoms with van der Waals surface area (Å²) in [5.74, 6) is 1.71. The molecule has 0 N–H and O–H groups in total. The van der Waals surface area contributed by atoms with E-state index in [4.69, 9.17) is 14.7 Å². The number of nitrogens with zero attached hydrogens (tertiary/aromatic N) is 2. The van der Waals surface area contributed by atoms with Crippen LogP contribution in [0.1, 0.15) is 16.8 Å². The van der Waals surface area contributed by atoms with Crippen molar-refractivity contribution in [3.05, 3.63) is 47.3 Å². The molecule has 0 aliphatic rings. The summed E-state index contributed by atoms with van der Waals surface area (Å²) >= 11 is 0. The highest BCUT2D eigenvalue weighted by Crippen LogP contribution is 2.28. The Hall–Kier alpha value is -2.54. The van der Waals surface area contributed by atoms with Crippen molar-refractivity contribution in [1.82, 2.24) is 4.98 Å². The Morgan fingerprint density at radius 2 is 1.95 bits per heavy atom. The van der Waals surface area contributed by atoms with Gasteiger partial charge < -0.3 is 9.47 Å². The Kier molecular flexibility index (Phi) is 3.67. The van der Waals surface area contributed by atoms with Crippen molar-refractivity contribution in [2.24, 2.45) is 0 Å². The highest BCUT2D eigenvalue weighted by Gasteiger charge is 2.08. The maximum absolute atomic E-state index is 8.87. The first-order valence-electron chi connectivity index (χ1n) is 5.83. The van der Waals surface area contributed by atoms with Crippen LogP contribution in [0.3, 0.4) is 0 Å². The molecule has 4 nitrogen and oxygen atoms in total. The first kappa shape index (κ1) is 12.9. The maximum Gasteiger partial charge on any atom is 0.182 e. The van der Waals surface area contributed by atoms with E-state index in [1.54, 1.807) is 6.07 Å². The second-order valence-corrected chi connectivity index (χ2v) is 4.20. The van der Waals surface area contributed by atoms with Gasteiger partial charge in [0.2, 0.25) is 0 Å². The van der Waals surface area contributed by atoms with E-state index in [1.165, 1.54) is 18.9 Å². The van der Waals surface area contributed by atoms with Gasteiger partial charge in [-0.05, 0) is 25.5 Å². The van der Waals surface area contributed by atoms with Gasteiger partial charge in [-0.1, -0.05) is 17.7 Å². The normalized spacial score (nSPS) is 9.79. The minimum Gasteiger partial charge on any atom is -0.494 e. The van der Waals surface area contributed by atoms with Gasteiger partial charge in [-0.15, -0.1) is 0 Å². The van der Waals surface area contributed by atoms with Gasteiger partial charge in [0.25, 0.3) is 0 Å². The van der Waals surface area contributed by atoms with Crippen LogP contribution < -0.4 is 9.47 Å². The van der Waals surface area contributed by atoms with E-state index in [0.29, 0.717) is 11.5 Å². The molecule has 0 saturated carbocycles. The van der Waals surface area contributed by atoms with Crippen LogP contribution in [0.15, 0.2) is 30.5 Å². The fraction of sp³-hybridized carbons (Fsp3) is 0.200. The summed E-state index contributed by atoms with van der Waals surface area (Å²) in [7, 11) is 1.50. The Morgan fingerprint density at radius 1 is 1.16 bits per heavy atom. The Bertz CT molecular complexity index is 645. The Labute approximate surface area is 112 Å². The molecule has 1 heterocycles. The molecule has 19 heavy (non-hydrogen) atoms. The van der Waals surface area contributed by atoms with E-state index < -0.39 is 0 Å². The molecule has 1 aromatic heterocycles. The molecule has 0 unspecified atom stereocenters. The highest BCUT2D eigenvalue weighted by molar-refractivity contribution is 5.44. The average molecular weight is 254 g/mol. The first-order valence-corrected chi connectivity index (χ1v) is 5.83. The van der Waals surface area contributed by atoms with Crippen LogP contribution in [0.2, 0.25) is 0 Å². The van der Waals surface area contributed by atoms with Crippen molar-refractivity contribution in [2.45, 2.75) is 13.8 Å². The van der Waals surface area contributed by atoms with Crippen LogP contribution in [0.4, 0.5) is 0 Å². The molecule has 0 aliphatic heterocycles. The number of pyridine rings is 1. The lowest BCUT2D eigenvalue weighted by Gasteiger charge is -2.10. The zero-order chi connectivity index (χ0) is 13.8. The Morgan fingerprint density at radius 3 is 2.58 bits per heavy atom. The van der Waals surface area contributed by atoms with E-state index in [0.717, 1.165) is 11.3 Å². The van der Waals surface area contributed by atoms with Crippen molar-refractivity contribution in [3.8, 4) is 23.3 Å². The summed E-state index contributed by atoms with van der Waals surface area (Å²) in [6, 6.07) is 9.56. The van der Waals surface area contributed by atoms with Crippen LogP contribution in [0, 0.1) is 25.2 Å². The zero-order valence-electron chi connectivity index (χ0n) is 11.1. The van der Waals surface area contributed by atoms with Crippen molar-refractivity contribution in [2.75, 3.05) is 7.11 Å². The summed E-state index contributed by atoms with van der Waals surface area (Å²) in [4.78, 5) is 4.00. The lowest BCUT2D eigenvalue weighted by Crippen LogP contribution is -1.94. The minimum absolute atomic E-state index is 0.246. The van der Waals surface area contributed by atoms with Crippen molar-refractivity contribution in [1.29, 1.82) is 5.26 Å². The largest absolute Gasteiger partial charge is 0.494 e. The molecule has 0 spiro atoms. The minimum atomic E-state index is 0.246. The molecule has 96 valence electrons. The van der Waals surface area contributed by atoms with Gasteiger partial charge in [0.05, 0.1) is 13.3 Å². The second-order valence-electron chi connectivity index (χ2n) is 4.20. The third-order valence-electron chi connectivity index (χ3n) is 2.71. The van der Waals surface area contributed by atoms with Gasteiger partial charge in [0.15, 0.2) is 11.4 Å². The molecule has 1 aromatic carbocycles. The van der Waals surface area contributed by atoms with Crippen molar-refractivity contribution < 1.29 is 9.47 Å². The number of benzene rings is 1. The number of nitriles is 1. The van der Waals surface area contributed by atoms with Gasteiger partial charge in [-0.2, -0.15) is 5.26 Å². The SMILES string of the molecule is COc1cc(Oc2ccc(C)cc2C)cnc1C#N. The van der Waals surface area contributed by atoms with Crippen molar-refractivity contribution >= 4 is 0 Å². The lowest BCUT2D eigenvalue weighted by molar-refractivity contribution is 0.404. The standard InChI is InChI=1S/C15H14N2O2/c1-10-4-5-14(11(2)6-10)19-12-7-15(18-3)13(8-16)17-9-12/h4-7,9H,1-3H3. The maximum atomic E-state index is 8.87. The van der Waals surface area contributed by atoms with Gasteiger partial charge in [-0.3, -0.25) is 0 Å². The number of rotatable bonds is 3. The average Bonchev–Trinajstić information content (AvgIpc) is 2.41. The molecule has 2 rings (SSSR count). The molecular weight excluding hydrogens is 240 g/mol. The number of ether oxygens (including phenoxy) is 2. The summed E-state index contributed by atoms with van der Waals surface area (Å²) in [5.41, 5.74) is 2.47. The molecule has 0 fully saturated rings. The number of hydrogen-bond acceptors (Lipinski definition) is 4. The number of methoxy groups -OCH3 is 1. The number of hydrogen-bond donors (Lipinski definition) is 0. The van der Waals surface area contributed by atoms with Crippen LogP contribution in [0.25, 0.3) is 0 Å². The number of aromatic nitrogens is 1. The van der Waals surface area contributed by atoms with Crippen LogP contribution in [-0.4, -0.2) is 12.1 Å². The Balaban J connectivity index is 2.31. The molecule has 0 aliphatic carbocycles. The summed E-state index contributed by atoms with van der Waals surface area (Å²) < 4.78 is 10.9. The molecule has 4 heteroatoms. The number of aryl methyl sites for hydroxylation is 2. The summed E-state index contributed by atoms with van der Waals surface area (Å²) in [5, 5.41) is 8.87. The smallest absolute Gasteiger partial charge is 0.182 e. The fourth-order valence-corrected chi connectivity index (χ4v) is 1.76. The van der Waals surface area contributed by atoms with E-state index in [2.05, 4.69) is 4.98 Å². The lowest BCUT2D eigenvalue weighted by atomic mass is 10.1. The molecule has 0 amide bonds. The predicted molar refractivity (Wildman–Crippen MR) is 71.5 cm³/mol. The third-order valence-corrected chi connectivity index (χ3v) is 2.71. The topological polar surface area (TPSA) is 55.1 Å². The first-order chi connectivity index (χ1) is 9.13. The van der Waals surface area contributed by atoms with E-state index in [-0.39, 0.29) is 5.69 Å².